The summed E-state index contributed by atoms with van der Waals surface area (Å²) >= 11 is 5.90. The zero-order chi connectivity index (χ0) is 14.4. The number of rotatable bonds is 7. The zero-order valence-electron chi connectivity index (χ0n) is 10.8. The fraction of sp³-hybridized carbons (Fsp3) is 0.500. The van der Waals surface area contributed by atoms with Gasteiger partial charge >= 0.3 is 0 Å². The van der Waals surface area contributed by atoms with E-state index >= 15 is 0 Å². The molecular formula is C10H14ClN7O2. The number of aliphatic hydroxyl groups is 1. The van der Waals surface area contributed by atoms with Gasteiger partial charge in [0.1, 0.15) is 12.7 Å². The second-order valence-corrected chi connectivity index (χ2v) is 4.09. The quantitative estimate of drug-likeness (QED) is 0.733. The Balaban J connectivity index is 2.29. The highest BCUT2D eigenvalue weighted by molar-refractivity contribution is 6.28. The lowest BCUT2D eigenvalue weighted by atomic mass is 10.5. The third-order valence-electron chi connectivity index (χ3n) is 2.43. The van der Waals surface area contributed by atoms with E-state index in [2.05, 4.69) is 25.0 Å². The first kappa shape index (κ1) is 14.6. The molecule has 0 aromatic carbocycles. The highest BCUT2D eigenvalue weighted by Crippen LogP contribution is 2.12. The third-order valence-corrected chi connectivity index (χ3v) is 2.60. The van der Waals surface area contributed by atoms with Crippen LogP contribution in [0, 0.1) is 0 Å². The molecule has 0 atom stereocenters. The molecule has 0 amide bonds. The summed E-state index contributed by atoms with van der Waals surface area (Å²) in [5.74, 6) is 0.611. The second-order valence-electron chi connectivity index (χ2n) is 3.75. The molecule has 1 N–H and O–H groups in total. The Morgan fingerprint density at radius 2 is 2.20 bits per heavy atom. The molecule has 2 aromatic rings. The van der Waals surface area contributed by atoms with E-state index in [1.54, 1.807) is 12.0 Å². The molecule has 2 aromatic heterocycles. The van der Waals surface area contributed by atoms with E-state index in [1.165, 1.54) is 17.3 Å². The molecule has 0 unspecified atom stereocenters. The van der Waals surface area contributed by atoms with Crippen molar-refractivity contribution in [3.8, 4) is 5.95 Å². The van der Waals surface area contributed by atoms with Crippen molar-refractivity contribution >= 4 is 17.5 Å². The van der Waals surface area contributed by atoms with Crippen LogP contribution < -0.4 is 4.90 Å². The minimum atomic E-state index is -0.0360. The van der Waals surface area contributed by atoms with Gasteiger partial charge in [0.25, 0.3) is 5.95 Å². The molecule has 0 aliphatic heterocycles. The first-order chi connectivity index (χ1) is 9.74. The number of aromatic nitrogens is 6. The fourth-order valence-corrected chi connectivity index (χ4v) is 1.67. The van der Waals surface area contributed by atoms with Crippen LogP contribution >= 0.6 is 11.6 Å². The predicted molar refractivity (Wildman–Crippen MR) is 70.9 cm³/mol. The minimum Gasteiger partial charge on any atom is -0.395 e. The van der Waals surface area contributed by atoms with Crippen molar-refractivity contribution in [2.24, 2.45) is 0 Å². The van der Waals surface area contributed by atoms with Crippen molar-refractivity contribution in [1.82, 2.24) is 29.7 Å². The molecule has 0 fully saturated rings. The molecule has 10 heteroatoms. The van der Waals surface area contributed by atoms with E-state index in [0.29, 0.717) is 25.6 Å². The SMILES string of the molecule is COCCN(CCO)c1nc(Cl)nc(-n2cncn2)n1. The zero-order valence-corrected chi connectivity index (χ0v) is 11.6. The second kappa shape index (κ2) is 7.08. The maximum absolute atomic E-state index is 9.11. The van der Waals surface area contributed by atoms with Gasteiger partial charge in [-0.2, -0.15) is 24.7 Å². The average molecular weight is 300 g/mol. The Morgan fingerprint density at radius 3 is 2.85 bits per heavy atom. The molecule has 2 heterocycles. The summed E-state index contributed by atoms with van der Waals surface area (Å²) in [6.07, 6.45) is 2.83. The van der Waals surface area contributed by atoms with Gasteiger partial charge in [-0.25, -0.2) is 4.98 Å². The lowest BCUT2D eigenvalue weighted by molar-refractivity contribution is 0.202. The molecule has 0 radical (unpaired) electrons. The number of nitrogens with zero attached hydrogens (tertiary/aromatic N) is 7. The largest absolute Gasteiger partial charge is 0.395 e. The van der Waals surface area contributed by atoms with Crippen LogP contribution in [0.4, 0.5) is 5.95 Å². The molecule has 0 aliphatic rings. The first-order valence-electron chi connectivity index (χ1n) is 5.86. The molecule has 0 saturated carbocycles. The van der Waals surface area contributed by atoms with Gasteiger partial charge in [-0.3, -0.25) is 0 Å². The molecule has 0 saturated heterocycles. The van der Waals surface area contributed by atoms with Gasteiger partial charge < -0.3 is 14.7 Å². The summed E-state index contributed by atoms with van der Waals surface area (Å²) in [6.45, 7) is 1.32. The van der Waals surface area contributed by atoms with E-state index < -0.39 is 0 Å². The minimum absolute atomic E-state index is 0.0360. The summed E-state index contributed by atoms with van der Waals surface area (Å²) in [6, 6.07) is 0. The van der Waals surface area contributed by atoms with Gasteiger partial charge in [-0.15, -0.1) is 0 Å². The molecule has 0 aliphatic carbocycles. The monoisotopic (exact) mass is 299 g/mol. The molecule has 9 nitrogen and oxygen atoms in total. The number of hydrogen-bond acceptors (Lipinski definition) is 8. The highest BCUT2D eigenvalue weighted by atomic mass is 35.5. The number of anilines is 1. The average Bonchev–Trinajstić information content (AvgIpc) is 2.97. The van der Waals surface area contributed by atoms with Crippen LogP contribution in [0.2, 0.25) is 5.28 Å². The number of ether oxygens (including phenoxy) is 1. The van der Waals surface area contributed by atoms with Crippen molar-refractivity contribution in [3.63, 3.8) is 0 Å². The van der Waals surface area contributed by atoms with Gasteiger partial charge in [0.05, 0.1) is 13.2 Å². The molecule has 0 spiro atoms. The maximum atomic E-state index is 9.11. The summed E-state index contributed by atoms with van der Waals surface area (Å²) in [5, 5.41) is 13.1. The van der Waals surface area contributed by atoms with Crippen molar-refractivity contribution in [1.29, 1.82) is 0 Å². The molecule has 108 valence electrons. The van der Waals surface area contributed by atoms with Crippen LogP contribution in [-0.4, -0.2) is 68.2 Å². The van der Waals surface area contributed by atoms with E-state index in [4.69, 9.17) is 21.4 Å². The van der Waals surface area contributed by atoms with Crippen LogP contribution in [0.3, 0.4) is 0 Å². The lowest BCUT2D eigenvalue weighted by Gasteiger charge is -2.21. The molecular weight excluding hydrogens is 286 g/mol. The number of aliphatic hydroxyl groups excluding tert-OH is 1. The number of halogens is 1. The molecule has 20 heavy (non-hydrogen) atoms. The van der Waals surface area contributed by atoms with Crippen LogP contribution in [0.25, 0.3) is 5.95 Å². The Kier molecular flexibility index (Phi) is 5.16. The van der Waals surface area contributed by atoms with Gasteiger partial charge in [0, 0.05) is 20.2 Å². The first-order valence-corrected chi connectivity index (χ1v) is 6.23. The Morgan fingerprint density at radius 1 is 1.35 bits per heavy atom. The fourth-order valence-electron chi connectivity index (χ4n) is 1.52. The van der Waals surface area contributed by atoms with Crippen LogP contribution in [0.1, 0.15) is 0 Å². The third kappa shape index (κ3) is 3.59. The summed E-state index contributed by atoms with van der Waals surface area (Å²) in [7, 11) is 1.60. The van der Waals surface area contributed by atoms with E-state index in [1.807, 2.05) is 0 Å². The Hall–Kier alpha value is -1.84. The van der Waals surface area contributed by atoms with E-state index in [0.717, 1.165) is 0 Å². The number of methoxy groups -OCH3 is 1. The van der Waals surface area contributed by atoms with E-state index in [-0.39, 0.29) is 17.8 Å². The van der Waals surface area contributed by atoms with Crippen molar-refractivity contribution in [2.75, 3.05) is 38.3 Å². The van der Waals surface area contributed by atoms with Gasteiger partial charge in [-0.05, 0) is 11.6 Å². The van der Waals surface area contributed by atoms with Crippen molar-refractivity contribution in [3.05, 3.63) is 17.9 Å². The van der Waals surface area contributed by atoms with Gasteiger partial charge in [0.15, 0.2) is 0 Å². The standard InChI is InChI=1S/C10H14ClN7O2/c1-20-5-3-17(2-4-19)9-14-8(11)15-10(16-9)18-7-12-6-13-18/h6-7,19H,2-5H2,1H3. The van der Waals surface area contributed by atoms with Gasteiger partial charge in [0.2, 0.25) is 11.2 Å². The van der Waals surface area contributed by atoms with Crippen LogP contribution in [-0.2, 0) is 4.74 Å². The molecule has 2 rings (SSSR count). The summed E-state index contributed by atoms with van der Waals surface area (Å²) in [5.41, 5.74) is 0. The molecule has 0 bridgehead atoms. The topological polar surface area (TPSA) is 102 Å². The highest BCUT2D eigenvalue weighted by Gasteiger charge is 2.13. The summed E-state index contributed by atoms with van der Waals surface area (Å²) < 4.78 is 6.40. The maximum Gasteiger partial charge on any atom is 0.258 e. The Bertz CT molecular complexity index is 536. The normalized spacial score (nSPS) is 10.8. The van der Waals surface area contributed by atoms with Crippen molar-refractivity contribution < 1.29 is 9.84 Å². The van der Waals surface area contributed by atoms with E-state index in [9.17, 15) is 0 Å². The number of hydrogen-bond donors (Lipinski definition) is 1. The van der Waals surface area contributed by atoms with Crippen LogP contribution in [0.15, 0.2) is 12.7 Å². The van der Waals surface area contributed by atoms with Gasteiger partial charge in [-0.1, -0.05) is 0 Å². The van der Waals surface area contributed by atoms with Crippen LogP contribution in [0.5, 0.6) is 0 Å². The Labute approximate surface area is 120 Å². The predicted octanol–water partition coefficient (Wildman–Crippen LogP) is -0.449. The van der Waals surface area contributed by atoms with Crippen molar-refractivity contribution in [2.45, 2.75) is 0 Å². The summed E-state index contributed by atoms with van der Waals surface area (Å²) in [4.78, 5) is 17.9. The smallest absolute Gasteiger partial charge is 0.258 e. The lowest BCUT2D eigenvalue weighted by Crippen LogP contribution is -2.32.